The van der Waals surface area contributed by atoms with Crippen molar-refractivity contribution < 1.29 is 22.8 Å². The third-order valence-corrected chi connectivity index (χ3v) is 6.72. The molecule has 2 aromatic carbocycles. The molecule has 1 aromatic heterocycles. The van der Waals surface area contributed by atoms with Crippen molar-refractivity contribution in [3.63, 3.8) is 0 Å². The Morgan fingerprint density at radius 3 is 2.26 bits per heavy atom. The van der Waals surface area contributed by atoms with Gasteiger partial charge in [0.05, 0.1) is 5.56 Å². The maximum atomic E-state index is 13.4. The van der Waals surface area contributed by atoms with Crippen LogP contribution in [0.15, 0.2) is 78.5 Å². The van der Waals surface area contributed by atoms with E-state index in [9.17, 15) is 22.8 Å². The molecule has 198 valence electrons. The fourth-order valence-electron chi connectivity index (χ4n) is 4.65. The summed E-state index contributed by atoms with van der Waals surface area (Å²) in [4.78, 5) is 30.9. The van der Waals surface area contributed by atoms with E-state index in [1.165, 1.54) is 12.1 Å². The molecule has 1 aliphatic carbocycles. The van der Waals surface area contributed by atoms with Crippen molar-refractivity contribution in [3.05, 3.63) is 95.3 Å². The number of carbonyl (C=O) groups excluding carboxylic acids is 2. The van der Waals surface area contributed by atoms with Gasteiger partial charge in [-0.05, 0) is 85.4 Å². The number of halogens is 3. The Kier molecular flexibility index (Phi) is 8.94. The Morgan fingerprint density at radius 2 is 1.63 bits per heavy atom. The molecule has 0 aliphatic heterocycles. The molecule has 1 heterocycles. The van der Waals surface area contributed by atoms with E-state index in [-0.39, 0.29) is 5.91 Å². The van der Waals surface area contributed by atoms with E-state index >= 15 is 0 Å². The van der Waals surface area contributed by atoms with Crippen molar-refractivity contribution in [1.82, 2.24) is 4.98 Å². The van der Waals surface area contributed by atoms with Gasteiger partial charge in [0.15, 0.2) is 0 Å². The summed E-state index contributed by atoms with van der Waals surface area (Å²) in [5, 5.41) is 2.94. The zero-order chi connectivity index (χ0) is 27.0. The van der Waals surface area contributed by atoms with Crippen LogP contribution in [0.5, 0.6) is 0 Å². The van der Waals surface area contributed by atoms with Crippen LogP contribution in [0.4, 0.5) is 24.5 Å². The molecular formula is C30H30F3N3O2. The van der Waals surface area contributed by atoms with Crippen molar-refractivity contribution in [2.75, 3.05) is 16.8 Å². The molecule has 0 spiro atoms. The highest BCUT2D eigenvalue weighted by Crippen LogP contribution is 2.34. The fourth-order valence-corrected chi connectivity index (χ4v) is 4.65. The number of aromatic nitrogens is 1. The molecule has 1 N–H and O–H groups in total. The summed E-state index contributed by atoms with van der Waals surface area (Å²) < 4.78 is 39.1. The number of benzene rings is 2. The SMILES string of the molecule is O=CN(CCc1ccccn1)c1ccc(NC(=O)/C2=C(\c3ccc(C(F)(F)F)cc3)CCCCCC2)cc1. The minimum absolute atomic E-state index is 0.253. The normalized spacial score (nSPS) is 16.3. The minimum Gasteiger partial charge on any atom is -0.322 e. The summed E-state index contributed by atoms with van der Waals surface area (Å²) in [6, 6.07) is 17.7. The second kappa shape index (κ2) is 12.5. The number of hydrogen-bond donors (Lipinski definition) is 1. The van der Waals surface area contributed by atoms with Crippen molar-refractivity contribution in [3.8, 4) is 0 Å². The second-order valence-electron chi connectivity index (χ2n) is 9.32. The van der Waals surface area contributed by atoms with Crippen LogP contribution in [-0.2, 0) is 22.2 Å². The number of allylic oxidation sites excluding steroid dienone is 1. The van der Waals surface area contributed by atoms with Crippen LogP contribution in [0, 0.1) is 0 Å². The molecule has 5 nitrogen and oxygen atoms in total. The highest BCUT2D eigenvalue weighted by atomic mass is 19.4. The number of carbonyl (C=O) groups is 2. The monoisotopic (exact) mass is 521 g/mol. The van der Waals surface area contributed by atoms with Crippen LogP contribution in [0.3, 0.4) is 0 Å². The molecular weight excluding hydrogens is 491 g/mol. The van der Waals surface area contributed by atoms with E-state index in [0.29, 0.717) is 48.3 Å². The first-order chi connectivity index (χ1) is 18.3. The lowest BCUT2D eigenvalue weighted by Gasteiger charge is -2.20. The molecule has 3 aromatic rings. The molecule has 8 heteroatoms. The number of alkyl halides is 3. The maximum Gasteiger partial charge on any atom is 0.416 e. The van der Waals surface area contributed by atoms with Crippen LogP contribution < -0.4 is 10.2 Å². The topological polar surface area (TPSA) is 62.3 Å². The summed E-state index contributed by atoms with van der Waals surface area (Å²) in [7, 11) is 0. The highest BCUT2D eigenvalue weighted by Gasteiger charge is 2.30. The molecule has 4 rings (SSSR count). The Hall–Kier alpha value is -3.94. The van der Waals surface area contributed by atoms with E-state index in [4.69, 9.17) is 0 Å². The average Bonchev–Trinajstić information content (AvgIpc) is 2.90. The molecule has 0 bridgehead atoms. The molecule has 0 atom stereocenters. The van der Waals surface area contributed by atoms with Crippen LogP contribution in [-0.4, -0.2) is 23.8 Å². The van der Waals surface area contributed by atoms with Gasteiger partial charge in [0, 0.05) is 41.8 Å². The second-order valence-corrected chi connectivity index (χ2v) is 9.32. The zero-order valence-electron chi connectivity index (χ0n) is 21.0. The quantitative estimate of drug-likeness (QED) is 0.323. The molecule has 0 saturated carbocycles. The van der Waals surface area contributed by atoms with E-state index < -0.39 is 11.7 Å². The standard InChI is InChI=1S/C30H30F3N3O2/c31-30(32,33)23-12-10-22(11-13-23)27-8-3-1-2-4-9-28(27)29(38)35-25-14-16-26(17-15-25)36(21-37)20-18-24-7-5-6-19-34-24/h5-7,10-17,19,21H,1-4,8-9,18,20H2,(H,35,38)/b28-27-. The van der Waals surface area contributed by atoms with Gasteiger partial charge < -0.3 is 10.2 Å². The number of hydrogen-bond acceptors (Lipinski definition) is 3. The predicted octanol–water partition coefficient (Wildman–Crippen LogP) is 7.05. The molecule has 0 unspecified atom stereocenters. The molecule has 1 aliphatic rings. The van der Waals surface area contributed by atoms with Gasteiger partial charge in [-0.25, -0.2) is 0 Å². The summed E-state index contributed by atoms with van der Waals surface area (Å²) >= 11 is 0. The van der Waals surface area contributed by atoms with Gasteiger partial charge in [0.25, 0.3) is 5.91 Å². The van der Waals surface area contributed by atoms with Crippen molar-refractivity contribution in [2.24, 2.45) is 0 Å². The number of anilines is 2. The molecule has 0 fully saturated rings. The Morgan fingerprint density at radius 1 is 0.921 bits per heavy atom. The van der Waals surface area contributed by atoms with Crippen LogP contribution in [0.2, 0.25) is 0 Å². The Bertz CT molecular complexity index is 1250. The smallest absolute Gasteiger partial charge is 0.322 e. The van der Waals surface area contributed by atoms with E-state index in [1.807, 2.05) is 18.2 Å². The third kappa shape index (κ3) is 7.09. The largest absolute Gasteiger partial charge is 0.416 e. The minimum atomic E-state index is -4.40. The Labute approximate surface area is 220 Å². The van der Waals surface area contributed by atoms with Gasteiger partial charge in [-0.15, -0.1) is 0 Å². The zero-order valence-corrected chi connectivity index (χ0v) is 21.0. The third-order valence-electron chi connectivity index (χ3n) is 6.72. The van der Waals surface area contributed by atoms with Gasteiger partial charge in [-0.1, -0.05) is 31.0 Å². The van der Waals surface area contributed by atoms with Crippen LogP contribution in [0.25, 0.3) is 5.57 Å². The molecule has 2 amide bonds. The molecule has 0 radical (unpaired) electrons. The summed E-state index contributed by atoms with van der Waals surface area (Å²) in [5.74, 6) is -0.253. The number of pyridine rings is 1. The summed E-state index contributed by atoms with van der Waals surface area (Å²) in [5.41, 5.74) is 3.52. The van der Waals surface area contributed by atoms with Crippen molar-refractivity contribution >= 4 is 29.3 Å². The average molecular weight is 522 g/mol. The fraction of sp³-hybridized carbons (Fsp3) is 0.300. The van der Waals surface area contributed by atoms with Crippen molar-refractivity contribution in [1.29, 1.82) is 0 Å². The van der Waals surface area contributed by atoms with E-state index in [0.717, 1.165) is 55.5 Å². The first-order valence-electron chi connectivity index (χ1n) is 12.8. The maximum absolute atomic E-state index is 13.4. The van der Waals surface area contributed by atoms with Gasteiger partial charge in [-0.3, -0.25) is 14.6 Å². The summed E-state index contributed by atoms with van der Waals surface area (Å²) in [6.07, 6.45) is 3.64. The van der Waals surface area contributed by atoms with Gasteiger partial charge >= 0.3 is 6.18 Å². The highest BCUT2D eigenvalue weighted by molar-refractivity contribution is 6.09. The van der Waals surface area contributed by atoms with Crippen LogP contribution in [0.1, 0.15) is 55.3 Å². The number of amides is 2. The van der Waals surface area contributed by atoms with Crippen LogP contribution >= 0.6 is 0 Å². The molecule has 0 saturated heterocycles. The van der Waals surface area contributed by atoms with Gasteiger partial charge in [-0.2, -0.15) is 13.2 Å². The number of rotatable bonds is 8. The lowest BCUT2D eigenvalue weighted by atomic mass is 9.88. The van der Waals surface area contributed by atoms with E-state index in [1.54, 1.807) is 35.4 Å². The first kappa shape index (κ1) is 27.1. The van der Waals surface area contributed by atoms with Gasteiger partial charge in [0.2, 0.25) is 6.41 Å². The summed E-state index contributed by atoms with van der Waals surface area (Å²) in [6.45, 7) is 0.468. The van der Waals surface area contributed by atoms with Gasteiger partial charge in [0.1, 0.15) is 0 Å². The lowest BCUT2D eigenvalue weighted by molar-refractivity contribution is -0.137. The Balaban J connectivity index is 1.50. The lowest BCUT2D eigenvalue weighted by Crippen LogP contribution is -2.24. The number of nitrogens with one attached hydrogen (secondary N) is 1. The molecule has 38 heavy (non-hydrogen) atoms. The number of nitrogens with zero attached hydrogens (tertiary/aromatic N) is 2. The van der Waals surface area contributed by atoms with E-state index in [2.05, 4.69) is 10.3 Å². The predicted molar refractivity (Wildman–Crippen MR) is 142 cm³/mol. The first-order valence-corrected chi connectivity index (χ1v) is 12.8. The van der Waals surface area contributed by atoms with Crippen molar-refractivity contribution in [2.45, 2.75) is 51.1 Å².